The molecule has 0 saturated carbocycles. The van der Waals surface area contributed by atoms with Gasteiger partial charge < -0.3 is 10.6 Å². The van der Waals surface area contributed by atoms with Gasteiger partial charge in [0, 0.05) is 35.5 Å². The first kappa shape index (κ1) is 26.0. The Labute approximate surface area is 185 Å². The van der Waals surface area contributed by atoms with Crippen LogP contribution in [-0.4, -0.2) is 24.8 Å². The van der Waals surface area contributed by atoms with Gasteiger partial charge in [-0.25, -0.2) is 4.39 Å². The Balaban J connectivity index is 2.32. The summed E-state index contributed by atoms with van der Waals surface area (Å²) in [6.07, 6.45) is -11.5. The van der Waals surface area contributed by atoms with Gasteiger partial charge in [0.15, 0.2) is 0 Å². The molecule has 0 heterocycles. The third-order valence-electron chi connectivity index (χ3n) is 4.87. The highest BCUT2D eigenvalue weighted by Crippen LogP contribution is 2.53. The number of benzene rings is 2. The van der Waals surface area contributed by atoms with Crippen molar-refractivity contribution in [1.29, 1.82) is 5.26 Å². The zero-order valence-electron chi connectivity index (χ0n) is 17.6. The van der Waals surface area contributed by atoms with Gasteiger partial charge in [0.05, 0.1) is 6.07 Å². The fourth-order valence-electron chi connectivity index (χ4n) is 3.20. The van der Waals surface area contributed by atoms with Gasteiger partial charge in [-0.2, -0.15) is 31.6 Å². The van der Waals surface area contributed by atoms with E-state index in [0.717, 1.165) is 0 Å². The summed E-state index contributed by atoms with van der Waals surface area (Å²) in [5, 5.41) is 14.0. The molecule has 0 unspecified atom stereocenters. The molecule has 1 amide bonds. The molecule has 33 heavy (non-hydrogen) atoms. The van der Waals surface area contributed by atoms with E-state index >= 15 is 0 Å². The smallest absolute Gasteiger partial charge is 0.385 e. The standard InChI is InChI=1S/C22H20F7N3O/c1-13-10-16(20(23,21(24,25)26)22(27,28)29)11-14(2)18(13)32-19(33)15-6-5-7-17(12-15)31-9-4-3-8-30/h5-7,10-12,31H,3-4,9H2,1-2H3,(H,32,33). The highest BCUT2D eigenvalue weighted by atomic mass is 19.4. The molecular weight excluding hydrogens is 455 g/mol. The number of hydrogen-bond acceptors (Lipinski definition) is 3. The van der Waals surface area contributed by atoms with Crippen LogP contribution in [0.3, 0.4) is 0 Å². The first-order valence-corrected chi connectivity index (χ1v) is 9.68. The molecule has 0 aliphatic rings. The van der Waals surface area contributed by atoms with Gasteiger partial charge >= 0.3 is 18.0 Å². The second kappa shape index (κ2) is 9.68. The molecule has 178 valence electrons. The van der Waals surface area contributed by atoms with Crippen LogP contribution < -0.4 is 10.6 Å². The zero-order chi connectivity index (χ0) is 25.0. The van der Waals surface area contributed by atoms with E-state index in [2.05, 4.69) is 10.6 Å². The van der Waals surface area contributed by atoms with Crippen molar-refractivity contribution in [1.82, 2.24) is 0 Å². The second-order valence-corrected chi connectivity index (χ2v) is 7.36. The molecule has 2 aromatic carbocycles. The SMILES string of the molecule is Cc1cc(C(F)(C(F)(F)F)C(F)(F)F)cc(C)c1NC(=O)c1cccc(NCCCC#N)c1. The number of aryl methyl sites for hydroxylation is 2. The maximum absolute atomic E-state index is 14.4. The minimum atomic E-state index is -6.23. The van der Waals surface area contributed by atoms with Crippen molar-refractivity contribution in [2.45, 2.75) is 44.7 Å². The molecule has 2 aromatic rings. The maximum Gasteiger partial charge on any atom is 0.435 e. The predicted octanol–water partition coefficient (Wildman–Crippen LogP) is 6.56. The maximum atomic E-state index is 14.4. The summed E-state index contributed by atoms with van der Waals surface area (Å²) in [6.45, 7) is 2.83. The van der Waals surface area contributed by atoms with Crippen molar-refractivity contribution in [2.24, 2.45) is 0 Å². The lowest BCUT2D eigenvalue weighted by Crippen LogP contribution is -2.50. The fraction of sp³-hybridized carbons (Fsp3) is 0.364. The van der Waals surface area contributed by atoms with Crippen LogP contribution in [0.2, 0.25) is 0 Å². The monoisotopic (exact) mass is 475 g/mol. The Bertz CT molecular complexity index is 1020. The Morgan fingerprint density at radius 1 is 0.970 bits per heavy atom. The van der Waals surface area contributed by atoms with Crippen molar-refractivity contribution in [2.75, 3.05) is 17.2 Å². The summed E-state index contributed by atoms with van der Waals surface area (Å²) >= 11 is 0. The fourth-order valence-corrected chi connectivity index (χ4v) is 3.20. The molecular formula is C22H20F7N3O. The molecule has 0 saturated heterocycles. The summed E-state index contributed by atoms with van der Waals surface area (Å²) in [6, 6.07) is 9.08. The summed E-state index contributed by atoms with van der Waals surface area (Å²) in [5.41, 5.74) is -6.76. The number of nitrogens with zero attached hydrogens (tertiary/aromatic N) is 1. The Morgan fingerprint density at radius 3 is 2.06 bits per heavy atom. The van der Waals surface area contributed by atoms with Gasteiger partial charge in [0.1, 0.15) is 0 Å². The summed E-state index contributed by atoms with van der Waals surface area (Å²) in [5.74, 6) is -0.659. The molecule has 2 N–H and O–H groups in total. The van der Waals surface area contributed by atoms with Gasteiger partial charge in [-0.15, -0.1) is 0 Å². The van der Waals surface area contributed by atoms with E-state index in [4.69, 9.17) is 5.26 Å². The van der Waals surface area contributed by atoms with Crippen LogP contribution in [-0.2, 0) is 5.67 Å². The number of nitrogens with one attached hydrogen (secondary N) is 2. The number of carbonyl (C=O) groups excluding carboxylic acids is 1. The van der Waals surface area contributed by atoms with E-state index in [-0.39, 0.29) is 22.4 Å². The van der Waals surface area contributed by atoms with E-state index in [9.17, 15) is 35.5 Å². The molecule has 2 rings (SSSR count). The van der Waals surface area contributed by atoms with Crippen molar-refractivity contribution >= 4 is 17.3 Å². The summed E-state index contributed by atoms with van der Waals surface area (Å²) in [4.78, 5) is 12.6. The number of rotatable bonds is 7. The van der Waals surface area contributed by atoms with Gasteiger partial charge in [-0.05, 0) is 49.6 Å². The number of halogens is 7. The molecule has 0 radical (unpaired) electrons. The molecule has 0 fully saturated rings. The van der Waals surface area contributed by atoms with Crippen LogP contribution in [0.15, 0.2) is 36.4 Å². The Kier molecular flexibility index (Phi) is 7.62. The lowest BCUT2D eigenvalue weighted by Gasteiger charge is -2.31. The number of amides is 1. The van der Waals surface area contributed by atoms with E-state index in [1.165, 1.54) is 26.0 Å². The molecule has 4 nitrogen and oxygen atoms in total. The van der Waals surface area contributed by atoms with Crippen molar-refractivity contribution < 1.29 is 35.5 Å². The molecule has 0 bridgehead atoms. The number of carbonyl (C=O) groups is 1. The quantitative estimate of drug-likeness (QED) is 0.352. The van der Waals surface area contributed by atoms with Crippen LogP contribution in [0.25, 0.3) is 0 Å². The molecule has 0 aliphatic carbocycles. The van der Waals surface area contributed by atoms with Crippen molar-refractivity contribution in [3.63, 3.8) is 0 Å². The lowest BCUT2D eigenvalue weighted by atomic mass is 9.90. The Morgan fingerprint density at radius 2 is 1.55 bits per heavy atom. The number of anilines is 2. The van der Waals surface area contributed by atoms with Crippen LogP contribution in [0, 0.1) is 25.2 Å². The third kappa shape index (κ3) is 5.56. The summed E-state index contributed by atoms with van der Waals surface area (Å²) in [7, 11) is 0. The van der Waals surface area contributed by atoms with Crippen LogP contribution >= 0.6 is 0 Å². The summed E-state index contributed by atoms with van der Waals surface area (Å²) < 4.78 is 92.8. The molecule has 0 spiro atoms. The average molecular weight is 475 g/mol. The third-order valence-corrected chi connectivity index (χ3v) is 4.87. The molecule has 0 aliphatic heterocycles. The number of alkyl halides is 7. The predicted molar refractivity (Wildman–Crippen MR) is 109 cm³/mol. The molecule has 0 atom stereocenters. The van der Waals surface area contributed by atoms with Crippen LogP contribution in [0.1, 0.15) is 39.9 Å². The first-order valence-electron chi connectivity index (χ1n) is 9.68. The van der Waals surface area contributed by atoms with Crippen LogP contribution in [0.4, 0.5) is 42.1 Å². The molecule has 0 aromatic heterocycles. The largest absolute Gasteiger partial charge is 0.435 e. The van der Waals surface area contributed by atoms with Gasteiger partial charge in [0.2, 0.25) is 0 Å². The number of hydrogen-bond donors (Lipinski definition) is 2. The van der Waals surface area contributed by atoms with E-state index < -0.39 is 29.5 Å². The first-order chi connectivity index (χ1) is 15.2. The van der Waals surface area contributed by atoms with Crippen LogP contribution in [0.5, 0.6) is 0 Å². The van der Waals surface area contributed by atoms with E-state index in [0.29, 0.717) is 37.2 Å². The minimum absolute atomic E-state index is 0.0252. The topological polar surface area (TPSA) is 64.9 Å². The normalized spacial score (nSPS) is 12.2. The number of nitriles is 1. The van der Waals surface area contributed by atoms with Gasteiger partial charge in [-0.3, -0.25) is 4.79 Å². The van der Waals surface area contributed by atoms with E-state index in [1.807, 2.05) is 6.07 Å². The van der Waals surface area contributed by atoms with Crippen molar-refractivity contribution in [3.05, 3.63) is 58.7 Å². The van der Waals surface area contributed by atoms with Crippen molar-refractivity contribution in [3.8, 4) is 6.07 Å². The molecule has 11 heteroatoms. The number of unbranched alkanes of at least 4 members (excludes halogenated alkanes) is 1. The van der Waals surface area contributed by atoms with E-state index in [1.54, 1.807) is 12.1 Å². The average Bonchev–Trinajstić information content (AvgIpc) is 2.71. The minimum Gasteiger partial charge on any atom is -0.385 e. The lowest BCUT2D eigenvalue weighted by molar-refractivity contribution is -0.348. The highest BCUT2D eigenvalue weighted by molar-refractivity contribution is 6.05. The highest BCUT2D eigenvalue weighted by Gasteiger charge is 2.73. The van der Waals surface area contributed by atoms with Gasteiger partial charge in [0.25, 0.3) is 5.91 Å². The Hall–Kier alpha value is -3.29. The zero-order valence-corrected chi connectivity index (χ0v) is 17.6. The van der Waals surface area contributed by atoms with Gasteiger partial charge in [-0.1, -0.05) is 18.2 Å². The second-order valence-electron chi connectivity index (χ2n) is 7.36.